The molecule has 0 aromatic carbocycles. The van der Waals surface area contributed by atoms with Crippen LogP contribution in [0, 0.1) is 0 Å². The first-order valence-electron chi connectivity index (χ1n) is 6.20. The van der Waals surface area contributed by atoms with Gasteiger partial charge < -0.3 is 10.1 Å². The number of hydrogen-bond acceptors (Lipinski definition) is 3. The highest BCUT2D eigenvalue weighted by Gasteiger charge is 2.18. The summed E-state index contributed by atoms with van der Waals surface area (Å²) in [5.74, 6) is 1.17. The van der Waals surface area contributed by atoms with Crippen molar-refractivity contribution in [2.45, 2.75) is 57.4 Å². The Hall–Kier alpha value is 0.270. The average molecular weight is 231 g/mol. The minimum atomic E-state index is 0.524. The Morgan fingerprint density at radius 3 is 2.87 bits per heavy atom. The summed E-state index contributed by atoms with van der Waals surface area (Å²) in [5.41, 5.74) is 0. The van der Waals surface area contributed by atoms with Crippen LogP contribution in [0.25, 0.3) is 0 Å². The van der Waals surface area contributed by atoms with E-state index in [1.807, 2.05) is 11.8 Å². The minimum absolute atomic E-state index is 0.524. The lowest BCUT2D eigenvalue weighted by molar-refractivity contribution is 0.128. The molecule has 90 valence electrons. The van der Waals surface area contributed by atoms with Crippen molar-refractivity contribution in [3.63, 3.8) is 0 Å². The van der Waals surface area contributed by atoms with E-state index in [4.69, 9.17) is 4.74 Å². The summed E-state index contributed by atoms with van der Waals surface area (Å²) in [4.78, 5) is 0. The van der Waals surface area contributed by atoms with Crippen molar-refractivity contribution >= 4 is 11.8 Å². The van der Waals surface area contributed by atoms with E-state index < -0.39 is 0 Å². The summed E-state index contributed by atoms with van der Waals surface area (Å²) in [5, 5.41) is 4.23. The molecule has 3 heteroatoms. The molecule has 1 aliphatic heterocycles. The van der Waals surface area contributed by atoms with Gasteiger partial charge in [0, 0.05) is 23.7 Å². The highest BCUT2D eigenvalue weighted by Crippen LogP contribution is 2.21. The highest BCUT2D eigenvalue weighted by atomic mass is 32.2. The van der Waals surface area contributed by atoms with Crippen molar-refractivity contribution in [1.29, 1.82) is 0 Å². The Morgan fingerprint density at radius 1 is 1.47 bits per heavy atom. The molecule has 1 aliphatic rings. The molecule has 0 radical (unpaired) electrons. The molecule has 0 amide bonds. The molecule has 0 aromatic rings. The molecule has 0 aliphatic carbocycles. The van der Waals surface area contributed by atoms with E-state index in [0.29, 0.717) is 17.4 Å². The van der Waals surface area contributed by atoms with Gasteiger partial charge in [-0.05, 0) is 32.7 Å². The van der Waals surface area contributed by atoms with Crippen LogP contribution in [0.4, 0.5) is 0 Å². The highest BCUT2D eigenvalue weighted by molar-refractivity contribution is 7.99. The summed E-state index contributed by atoms with van der Waals surface area (Å²) < 4.78 is 5.62. The molecule has 2 nitrogen and oxygen atoms in total. The van der Waals surface area contributed by atoms with Gasteiger partial charge in [-0.2, -0.15) is 11.8 Å². The average Bonchev–Trinajstić information content (AvgIpc) is 2.75. The normalized spacial score (nSPS) is 25.4. The van der Waals surface area contributed by atoms with Crippen molar-refractivity contribution < 1.29 is 4.74 Å². The molecular weight excluding hydrogens is 206 g/mol. The molecule has 3 unspecified atom stereocenters. The van der Waals surface area contributed by atoms with Crippen LogP contribution in [0.2, 0.25) is 0 Å². The summed E-state index contributed by atoms with van der Waals surface area (Å²) in [6.45, 7) is 8.91. The Balaban J connectivity index is 2.08. The number of rotatable bonds is 7. The van der Waals surface area contributed by atoms with Crippen LogP contribution in [0.1, 0.15) is 40.0 Å². The molecule has 15 heavy (non-hydrogen) atoms. The fraction of sp³-hybridized carbons (Fsp3) is 1.00. The van der Waals surface area contributed by atoms with Gasteiger partial charge in [-0.1, -0.05) is 13.8 Å². The van der Waals surface area contributed by atoms with Crippen LogP contribution in [0.3, 0.4) is 0 Å². The van der Waals surface area contributed by atoms with Crippen LogP contribution in [-0.4, -0.2) is 36.3 Å². The van der Waals surface area contributed by atoms with E-state index in [2.05, 4.69) is 26.1 Å². The van der Waals surface area contributed by atoms with E-state index in [1.165, 1.54) is 25.0 Å². The fourth-order valence-corrected chi connectivity index (χ4v) is 2.88. The van der Waals surface area contributed by atoms with Crippen molar-refractivity contribution in [2.75, 3.05) is 18.9 Å². The number of thioether (sulfide) groups is 1. The number of ether oxygens (including phenoxy) is 1. The molecule has 1 N–H and O–H groups in total. The van der Waals surface area contributed by atoms with E-state index in [9.17, 15) is 0 Å². The van der Waals surface area contributed by atoms with Gasteiger partial charge in [-0.25, -0.2) is 0 Å². The Bertz CT molecular complexity index is 160. The van der Waals surface area contributed by atoms with Gasteiger partial charge in [-0.3, -0.25) is 0 Å². The third-order valence-corrected chi connectivity index (χ3v) is 4.49. The van der Waals surface area contributed by atoms with Crippen molar-refractivity contribution in [1.82, 2.24) is 5.32 Å². The SMILES string of the molecule is CCCNC(C)C(C)SCC1CCCO1. The predicted molar refractivity (Wildman–Crippen MR) is 68.6 cm³/mol. The second kappa shape index (κ2) is 7.53. The monoisotopic (exact) mass is 231 g/mol. The van der Waals surface area contributed by atoms with E-state index >= 15 is 0 Å². The van der Waals surface area contributed by atoms with Gasteiger partial charge in [0.25, 0.3) is 0 Å². The van der Waals surface area contributed by atoms with Gasteiger partial charge in [-0.15, -0.1) is 0 Å². The second-order valence-electron chi connectivity index (χ2n) is 4.42. The zero-order valence-electron chi connectivity index (χ0n) is 10.3. The van der Waals surface area contributed by atoms with Crippen molar-refractivity contribution in [2.24, 2.45) is 0 Å². The molecular formula is C12H25NOS. The van der Waals surface area contributed by atoms with E-state index in [1.54, 1.807) is 0 Å². The van der Waals surface area contributed by atoms with Gasteiger partial charge in [0.15, 0.2) is 0 Å². The minimum Gasteiger partial charge on any atom is -0.377 e. The Morgan fingerprint density at radius 2 is 2.27 bits per heavy atom. The van der Waals surface area contributed by atoms with Gasteiger partial charge in [0.05, 0.1) is 6.10 Å². The molecule has 1 heterocycles. The van der Waals surface area contributed by atoms with Crippen LogP contribution >= 0.6 is 11.8 Å². The van der Waals surface area contributed by atoms with Crippen LogP contribution in [0.5, 0.6) is 0 Å². The topological polar surface area (TPSA) is 21.3 Å². The zero-order chi connectivity index (χ0) is 11.1. The summed E-state index contributed by atoms with van der Waals surface area (Å²) in [6, 6.07) is 0.608. The van der Waals surface area contributed by atoms with Crippen LogP contribution in [0.15, 0.2) is 0 Å². The summed E-state index contributed by atoms with van der Waals surface area (Å²) >= 11 is 2.04. The van der Waals surface area contributed by atoms with E-state index in [0.717, 1.165) is 13.2 Å². The Kier molecular flexibility index (Phi) is 6.69. The number of hydrogen-bond donors (Lipinski definition) is 1. The first-order chi connectivity index (χ1) is 7.24. The molecule has 3 atom stereocenters. The lowest BCUT2D eigenvalue weighted by atomic mass is 10.2. The quantitative estimate of drug-likeness (QED) is 0.728. The van der Waals surface area contributed by atoms with E-state index in [-0.39, 0.29) is 0 Å². The first kappa shape index (κ1) is 13.3. The molecule has 1 saturated heterocycles. The van der Waals surface area contributed by atoms with Crippen LogP contribution in [-0.2, 0) is 4.74 Å². The van der Waals surface area contributed by atoms with Crippen molar-refractivity contribution in [3.8, 4) is 0 Å². The maximum absolute atomic E-state index is 5.62. The zero-order valence-corrected chi connectivity index (χ0v) is 11.1. The molecule has 1 fully saturated rings. The predicted octanol–water partition coefficient (Wildman–Crippen LogP) is 2.68. The summed E-state index contributed by atoms with van der Waals surface area (Å²) in [6.07, 6.45) is 4.25. The Labute approximate surface area is 98.5 Å². The second-order valence-corrected chi connectivity index (χ2v) is 5.83. The molecule has 0 bridgehead atoms. The van der Waals surface area contributed by atoms with Crippen LogP contribution < -0.4 is 5.32 Å². The fourth-order valence-electron chi connectivity index (χ4n) is 1.72. The summed E-state index contributed by atoms with van der Waals surface area (Å²) in [7, 11) is 0. The third-order valence-electron chi connectivity index (χ3n) is 2.99. The third kappa shape index (κ3) is 5.23. The van der Waals surface area contributed by atoms with Gasteiger partial charge in [0.2, 0.25) is 0 Å². The smallest absolute Gasteiger partial charge is 0.0666 e. The van der Waals surface area contributed by atoms with Gasteiger partial charge >= 0.3 is 0 Å². The molecule has 0 saturated carbocycles. The molecule has 1 rings (SSSR count). The maximum Gasteiger partial charge on any atom is 0.0666 e. The molecule has 0 aromatic heterocycles. The standard InChI is InChI=1S/C12H25NOS/c1-4-7-13-10(2)11(3)15-9-12-6-5-8-14-12/h10-13H,4-9H2,1-3H3. The first-order valence-corrected chi connectivity index (χ1v) is 7.25. The van der Waals surface area contributed by atoms with Gasteiger partial charge in [0.1, 0.15) is 0 Å². The lowest BCUT2D eigenvalue weighted by Gasteiger charge is -2.22. The number of nitrogens with one attached hydrogen (secondary N) is 1. The lowest BCUT2D eigenvalue weighted by Crippen LogP contribution is -2.35. The largest absolute Gasteiger partial charge is 0.377 e. The molecule has 0 spiro atoms. The van der Waals surface area contributed by atoms with Crippen molar-refractivity contribution in [3.05, 3.63) is 0 Å². The maximum atomic E-state index is 5.62.